The molecule has 0 unspecified atom stereocenters. The summed E-state index contributed by atoms with van der Waals surface area (Å²) < 4.78 is 10.1. The number of esters is 1. The smallest absolute Gasteiger partial charge is 0.344 e. The molecule has 0 fully saturated rings. The lowest BCUT2D eigenvalue weighted by Gasteiger charge is -2.08. The maximum Gasteiger partial charge on any atom is 0.344 e. The van der Waals surface area contributed by atoms with Crippen LogP contribution in [0.25, 0.3) is 0 Å². The van der Waals surface area contributed by atoms with Crippen LogP contribution in [0.3, 0.4) is 0 Å². The average Bonchev–Trinajstić information content (AvgIpc) is 2.66. The lowest BCUT2D eigenvalue weighted by molar-refractivity contribution is -0.149. The van der Waals surface area contributed by atoms with Crippen molar-refractivity contribution in [2.75, 3.05) is 25.6 Å². The van der Waals surface area contributed by atoms with E-state index in [0.29, 0.717) is 22.0 Å². The standard InChI is InChI=1S/C18H17ClN2O5/c1-20-18(24)12-2-6-14(7-3-12)21-16(22)10-26-17(23)11-25-15-8-4-13(19)5-9-15/h2-9H,10-11H2,1H3,(H,20,24)(H,21,22). The second-order valence-electron chi connectivity index (χ2n) is 5.11. The number of hydrogen-bond donors (Lipinski definition) is 2. The van der Waals surface area contributed by atoms with Crippen LogP contribution in [-0.4, -0.2) is 38.0 Å². The van der Waals surface area contributed by atoms with E-state index in [1.807, 2.05) is 0 Å². The molecule has 8 heteroatoms. The van der Waals surface area contributed by atoms with Gasteiger partial charge in [0.05, 0.1) is 0 Å². The normalized spacial score (nSPS) is 9.92. The van der Waals surface area contributed by atoms with Crippen molar-refractivity contribution in [3.63, 3.8) is 0 Å². The van der Waals surface area contributed by atoms with Crippen molar-refractivity contribution < 1.29 is 23.9 Å². The Morgan fingerprint density at radius 2 is 1.62 bits per heavy atom. The minimum Gasteiger partial charge on any atom is -0.482 e. The van der Waals surface area contributed by atoms with Crippen LogP contribution in [0.1, 0.15) is 10.4 Å². The van der Waals surface area contributed by atoms with Gasteiger partial charge in [0.1, 0.15) is 5.75 Å². The van der Waals surface area contributed by atoms with Crippen LogP contribution in [0.4, 0.5) is 5.69 Å². The zero-order chi connectivity index (χ0) is 18.9. The second kappa shape index (κ2) is 9.43. The molecule has 0 radical (unpaired) electrons. The number of nitrogens with one attached hydrogen (secondary N) is 2. The van der Waals surface area contributed by atoms with Crippen molar-refractivity contribution in [1.29, 1.82) is 0 Å². The third-order valence-corrected chi connectivity index (χ3v) is 3.44. The van der Waals surface area contributed by atoms with Gasteiger partial charge in [-0.25, -0.2) is 4.79 Å². The van der Waals surface area contributed by atoms with E-state index in [1.54, 1.807) is 48.5 Å². The van der Waals surface area contributed by atoms with Crippen molar-refractivity contribution in [2.24, 2.45) is 0 Å². The first-order valence-electron chi connectivity index (χ1n) is 7.64. The molecule has 2 N–H and O–H groups in total. The molecule has 0 aliphatic heterocycles. The van der Waals surface area contributed by atoms with Crippen molar-refractivity contribution in [3.05, 3.63) is 59.1 Å². The number of halogens is 1. The predicted molar refractivity (Wildman–Crippen MR) is 96.4 cm³/mol. The van der Waals surface area contributed by atoms with Gasteiger partial charge in [-0.2, -0.15) is 0 Å². The molecule has 136 valence electrons. The molecule has 0 aliphatic rings. The van der Waals surface area contributed by atoms with E-state index in [1.165, 1.54) is 7.05 Å². The number of anilines is 1. The van der Waals surface area contributed by atoms with Gasteiger partial charge in [-0.05, 0) is 48.5 Å². The Labute approximate surface area is 155 Å². The molecular weight excluding hydrogens is 360 g/mol. The predicted octanol–water partition coefficient (Wildman–Crippen LogP) is 2.26. The van der Waals surface area contributed by atoms with E-state index in [-0.39, 0.29) is 12.5 Å². The van der Waals surface area contributed by atoms with Crippen molar-refractivity contribution in [3.8, 4) is 5.75 Å². The van der Waals surface area contributed by atoms with Gasteiger partial charge in [-0.1, -0.05) is 11.6 Å². The van der Waals surface area contributed by atoms with Crippen LogP contribution in [0.5, 0.6) is 5.75 Å². The third kappa shape index (κ3) is 6.10. The number of ether oxygens (including phenoxy) is 2. The maximum absolute atomic E-state index is 11.8. The quantitative estimate of drug-likeness (QED) is 0.723. The molecule has 0 aromatic heterocycles. The first kappa shape index (κ1) is 19.3. The molecule has 7 nitrogen and oxygen atoms in total. The van der Waals surface area contributed by atoms with E-state index in [0.717, 1.165) is 0 Å². The van der Waals surface area contributed by atoms with E-state index in [9.17, 15) is 14.4 Å². The lowest BCUT2D eigenvalue weighted by Crippen LogP contribution is -2.23. The van der Waals surface area contributed by atoms with Crippen LogP contribution >= 0.6 is 11.6 Å². The first-order valence-corrected chi connectivity index (χ1v) is 8.01. The largest absolute Gasteiger partial charge is 0.482 e. The minimum absolute atomic E-state index is 0.225. The van der Waals surface area contributed by atoms with E-state index >= 15 is 0 Å². The molecule has 0 saturated carbocycles. The number of carbonyl (C=O) groups is 3. The topological polar surface area (TPSA) is 93.7 Å². The number of hydrogen-bond acceptors (Lipinski definition) is 5. The Balaban J connectivity index is 1.73. The molecule has 0 saturated heterocycles. The van der Waals surface area contributed by atoms with Gasteiger partial charge >= 0.3 is 5.97 Å². The van der Waals surface area contributed by atoms with Crippen LogP contribution in [0.2, 0.25) is 5.02 Å². The van der Waals surface area contributed by atoms with Gasteiger partial charge in [0, 0.05) is 23.3 Å². The molecule has 0 bridgehead atoms. The Morgan fingerprint density at radius 3 is 2.23 bits per heavy atom. The fourth-order valence-electron chi connectivity index (χ4n) is 1.91. The number of benzene rings is 2. The average molecular weight is 377 g/mol. The van der Waals surface area contributed by atoms with E-state index in [2.05, 4.69) is 10.6 Å². The molecule has 2 aromatic carbocycles. The summed E-state index contributed by atoms with van der Waals surface area (Å²) in [6, 6.07) is 12.8. The Bertz CT molecular complexity index is 775. The number of amides is 2. The van der Waals surface area contributed by atoms with Crippen LogP contribution in [-0.2, 0) is 14.3 Å². The highest BCUT2D eigenvalue weighted by Crippen LogP contribution is 2.15. The van der Waals surface area contributed by atoms with Crippen molar-refractivity contribution in [1.82, 2.24) is 5.32 Å². The van der Waals surface area contributed by atoms with Crippen LogP contribution in [0.15, 0.2) is 48.5 Å². The zero-order valence-corrected chi connectivity index (χ0v) is 14.7. The highest BCUT2D eigenvalue weighted by atomic mass is 35.5. The van der Waals surface area contributed by atoms with Gasteiger partial charge in [-0.3, -0.25) is 9.59 Å². The van der Waals surface area contributed by atoms with Crippen LogP contribution in [0, 0.1) is 0 Å². The summed E-state index contributed by atoms with van der Waals surface area (Å²) in [5.41, 5.74) is 0.951. The Morgan fingerprint density at radius 1 is 0.962 bits per heavy atom. The van der Waals surface area contributed by atoms with E-state index in [4.69, 9.17) is 21.1 Å². The summed E-state index contributed by atoms with van der Waals surface area (Å²) in [6.45, 7) is -0.768. The summed E-state index contributed by atoms with van der Waals surface area (Å²) in [4.78, 5) is 34.8. The third-order valence-electron chi connectivity index (χ3n) is 3.19. The molecule has 2 amide bonds. The highest BCUT2D eigenvalue weighted by molar-refractivity contribution is 6.30. The minimum atomic E-state index is -0.676. The summed E-state index contributed by atoms with van der Waals surface area (Å²) in [5, 5.41) is 5.61. The van der Waals surface area contributed by atoms with Gasteiger partial charge < -0.3 is 20.1 Å². The molecule has 26 heavy (non-hydrogen) atoms. The molecule has 2 aromatic rings. The molecular formula is C18H17ClN2O5. The first-order chi connectivity index (χ1) is 12.5. The fourth-order valence-corrected chi connectivity index (χ4v) is 2.03. The van der Waals surface area contributed by atoms with Gasteiger partial charge in [0.15, 0.2) is 13.2 Å². The van der Waals surface area contributed by atoms with E-state index < -0.39 is 18.5 Å². The summed E-state index contributed by atoms with van der Waals surface area (Å²) >= 11 is 5.75. The molecule has 0 aliphatic carbocycles. The summed E-state index contributed by atoms with van der Waals surface area (Å²) in [6.07, 6.45) is 0. The Hall–Kier alpha value is -3.06. The highest BCUT2D eigenvalue weighted by Gasteiger charge is 2.09. The van der Waals surface area contributed by atoms with Gasteiger partial charge in [0.25, 0.3) is 11.8 Å². The van der Waals surface area contributed by atoms with Gasteiger partial charge in [0.2, 0.25) is 0 Å². The molecule has 2 rings (SSSR count). The fraction of sp³-hybridized carbons (Fsp3) is 0.167. The van der Waals surface area contributed by atoms with Crippen molar-refractivity contribution >= 4 is 35.1 Å². The zero-order valence-electron chi connectivity index (χ0n) is 14.0. The summed E-state index contributed by atoms with van der Waals surface area (Å²) in [5.74, 6) is -0.938. The molecule has 0 spiro atoms. The summed E-state index contributed by atoms with van der Waals surface area (Å²) in [7, 11) is 1.53. The molecule has 0 heterocycles. The number of rotatable bonds is 7. The monoisotopic (exact) mass is 376 g/mol. The lowest BCUT2D eigenvalue weighted by atomic mass is 10.2. The van der Waals surface area contributed by atoms with Gasteiger partial charge in [-0.15, -0.1) is 0 Å². The molecule has 0 atom stereocenters. The number of carbonyl (C=O) groups excluding carboxylic acids is 3. The maximum atomic E-state index is 11.8. The van der Waals surface area contributed by atoms with Crippen LogP contribution < -0.4 is 15.4 Å². The Kier molecular flexibility index (Phi) is 6.99. The second-order valence-corrected chi connectivity index (χ2v) is 5.54. The van der Waals surface area contributed by atoms with Crippen molar-refractivity contribution in [2.45, 2.75) is 0 Å². The SMILES string of the molecule is CNC(=O)c1ccc(NC(=O)COC(=O)COc2ccc(Cl)cc2)cc1.